The molecule has 8 heteroatoms. The van der Waals surface area contributed by atoms with Crippen LogP contribution in [0.4, 0.5) is 0 Å². The van der Waals surface area contributed by atoms with Crippen LogP contribution < -0.4 is 10.9 Å². The zero-order valence-electron chi connectivity index (χ0n) is 14.8. The predicted molar refractivity (Wildman–Crippen MR) is 95.9 cm³/mol. The maximum absolute atomic E-state index is 12.5. The molecule has 0 aliphatic heterocycles. The average molecular weight is 364 g/mol. The van der Waals surface area contributed by atoms with Crippen molar-refractivity contribution in [2.45, 2.75) is 53.0 Å². The van der Waals surface area contributed by atoms with Gasteiger partial charge in [0.2, 0.25) is 0 Å². The Kier molecular flexibility index (Phi) is 6.25. The fraction of sp³-hybridized carbons (Fsp3) is 0.471. The number of carbonyl (C=O) groups excluding carboxylic acids is 1. The molecule has 0 fully saturated rings. The molecule has 1 amide bonds. The molecule has 0 atom stereocenters. The quantitative estimate of drug-likeness (QED) is 0.820. The molecule has 2 N–H and O–H groups in total. The highest BCUT2D eigenvalue weighted by Gasteiger charge is 2.17. The minimum Gasteiger partial charge on any atom is -0.346 e. The molecule has 2 aromatic rings. The summed E-state index contributed by atoms with van der Waals surface area (Å²) >= 11 is 6.05. The standard InChI is InChI=1S/C17H22ClN5O2/c1-5-10-11(16(24)23-22-13(10)6-2)7-20-17(25)14-12(18)8-19-15(21-14)9(3)4/h8-9H,5-7H2,1-4H3,(H,20,25)(H,23,24). The van der Waals surface area contributed by atoms with Gasteiger partial charge >= 0.3 is 0 Å². The minimum atomic E-state index is -0.439. The summed E-state index contributed by atoms with van der Waals surface area (Å²) in [6, 6.07) is 0. The van der Waals surface area contributed by atoms with Gasteiger partial charge in [0, 0.05) is 18.0 Å². The van der Waals surface area contributed by atoms with Gasteiger partial charge in [-0.25, -0.2) is 15.1 Å². The van der Waals surface area contributed by atoms with Crippen molar-refractivity contribution in [3.05, 3.63) is 49.9 Å². The number of nitrogens with zero attached hydrogens (tertiary/aromatic N) is 3. The maximum Gasteiger partial charge on any atom is 0.271 e. The molecule has 0 saturated carbocycles. The van der Waals surface area contributed by atoms with Crippen molar-refractivity contribution in [1.82, 2.24) is 25.5 Å². The maximum atomic E-state index is 12.5. The van der Waals surface area contributed by atoms with Gasteiger partial charge in [-0.3, -0.25) is 9.59 Å². The second-order valence-corrected chi connectivity index (χ2v) is 6.33. The van der Waals surface area contributed by atoms with Crippen molar-refractivity contribution >= 4 is 17.5 Å². The second kappa shape index (κ2) is 8.20. The fourth-order valence-corrected chi connectivity index (χ4v) is 2.71. The van der Waals surface area contributed by atoms with E-state index >= 15 is 0 Å². The third-order valence-corrected chi connectivity index (χ3v) is 4.16. The van der Waals surface area contributed by atoms with Crippen LogP contribution in [0.2, 0.25) is 5.02 Å². The van der Waals surface area contributed by atoms with Crippen molar-refractivity contribution < 1.29 is 4.79 Å². The zero-order valence-corrected chi connectivity index (χ0v) is 15.6. The fourth-order valence-electron chi connectivity index (χ4n) is 2.53. The molecule has 25 heavy (non-hydrogen) atoms. The lowest BCUT2D eigenvalue weighted by Gasteiger charge is -2.12. The Balaban J connectivity index is 2.27. The van der Waals surface area contributed by atoms with Crippen LogP contribution in [0.1, 0.15) is 66.7 Å². The summed E-state index contributed by atoms with van der Waals surface area (Å²) in [4.78, 5) is 32.9. The van der Waals surface area contributed by atoms with Crippen LogP contribution >= 0.6 is 11.6 Å². The van der Waals surface area contributed by atoms with E-state index in [-0.39, 0.29) is 28.7 Å². The van der Waals surface area contributed by atoms with E-state index in [0.29, 0.717) is 24.2 Å². The molecule has 0 aliphatic carbocycles. The lowest BCUT2D eigenvalue weighted by Crippen LogP contribution is -2.30. The van der Waals surface area contributed by atoms with Crippen molar-refractivity contribution in [2.75, 3.05) is 0 Å². The van der Waals surface area contributed by atoms with Crippen LogP contribution in [0.3, 0.4) is 0 Å². The molecule has 0 aliphatic rings. The van der Waals surface area contributed by atoms with Gasteiger partial charge in [-0.2, -0.15) is 5.10 Å². The van der Waals surface area contributed by atoms with Gasteiger partial charge < -0.3 is 5.32 Å². The lowest BCUT2D eigenvalue weighted by molar-refractivity contribution is 0.0945. The summed E-state index contributed by atoms with van der Waals surface area (Å²) in [6.45, 7) is 7.88. The van der Waals surface area contributed by atoms with Crippen LogP contribution in [-0.4, -0.2) is 26.1 Å². The van der Waals surface area contributed by atoms with Crippen LogP contribution in [0.25, 0.3) is 0 Å². The van der Waals surface area contributed by atoms with Crippen LogP contribution in [0.5, 0.6) is 0 Å². The highest BCUT2D eigenvalue weighted by Crippen LogP contribution is 2.16. The van der Waals surface area contributed by atoms with E-state index in [1.165, 1.54) is 6.20 Å². The number of hydrogen-bond acceptors (Lipinski definition) is 5. The number of amides is 1. The number of carbonyl (C=O) groups is 1. The molecular formula is C17H22ClN5O2. The molecule has 0 saturated heterocycles. The van der Waals surface area contributed by atoms with Crippen LogP contribution in [0, 0.1) is 0 Å². The molecule has 7 nitrogen and oxygen atoms in total. The van der Waals surface area contributed by atoms with Crippen LogP contribution in [-0.2, 0) is 19.4 Å². The molecule has 0 bridgehead atoms. The molecule has 0 spiro atoms. The number of H-pyrrole nitrogens is 1. The van der Waals surface area contributed by atoms with E-state index in [4.69, 9.17) is 11.6 Å². The van der Waals surface area contributed by atoms with E-state index < -0.39 is 5.91 Å². The van der Waals surface area contributed by atoms with Crippen molar-refractivity contribution in [3.63, 3.8) is 0 Å². The predicted octanol–water partition coefficient (Wildman–Crippen LogP) is 2.39. The summed E-state index contributed by atoms with van der Waals surface area (Å²) in [5.41, 5.74) is 2.01. The third-order valence-electron chi connectivity index (χ3n) is 3.89. The summed E-state index contributed by atoms with van der Waals surface area (Å²) in [7, 11) is 0. The molecule has 2 heterocycles. The lowest BCUT2D eigenvalue weighted by atomic mass is 10.0. The first-order valence-electron chi connectivity index (χ1n) is 8.28. The van der Waals surface area contributed by atoms with Crippen molar-refractivity contribution in [2.24, 2.45) is 0 Å². The first-order valence-corrected chi connectivity index (χ1v) is 8.66. The third kappa shape index (κ3) is 4.22. The number of hydrogen-bond donors (Lipinski definition) is 2. The normalized spacial score (nSPS) is 11.0. The molecule has 2 rings (SSSR count). The molecule has 2 aromatic heterocycles. The molecule has 0 aromatic carbocycles. The summed E-state index contributed by atoms with van der Waals surface area (Å²) in [5.74, 6) is 0.176. The Hall–Kier alpha value is -2.28. The van der Waals surface area contributed by atoms with E-state index in [2.05, 4.69) is 25.5 Å². The Morgan fingerprint density at radius 3 is 2.60 bits per heavy atom. The number of halogens is 1. The van der Waals surface area contributed by atoms with E-state index in [9.17, 15) is 9.59 Å². The number of aromatic amines is 1. The molecular weight excluding hydrogens is 342 g/mol. The number of aromatic nitrogens is 4. The Morgan fingerprint density at radius 2 is 2.00 bits per heavy atom. The van der Waals surface area contributed by atoms with Gasteiger partial charge in [-0.15, -0.1) is 0 Å². The topological polar surface area (TPSA) is 101 Å². The van der Waals surface area contributed by atoms with Crippen LogP contribution in [0.15, 0.2) is 11.0 Å². The first kappa shape index (κ1) is 19.1. The number of aryl methyl sites for hydroxylation is 1. The Labute approximate surface area is 151 Å². The summed E-state index contributed by atoms with van der Waals surface area (Å²) in [6.07, 6.45) is 2.79. The largest absolute Gasteiger partial charge is 0.346 e. The van der Waals surface area contributed by atoms with E-state index in [1.807, 2.05) is 27.7 Å². The van der Waals surface area contributed by atoms with E-state index in [1.54, 1.807) is 0 Å². The first-order chi connectivity index (χ1) is 11.9. The summed E-state index contributed by atoms with van der Waals surface area (Å²) < 4.78 is 0. The number of rotatable bonds is 6. The highest BCUT2D eigenvalue weighted by molar-refractivity contribution is 6.33. The van der Waals surface area contributed by atoms with Gasteiger partial charge in [0.1, 0.15) is 11.5 Å². The molecule has 0 unspecified atom stereocenters. The van der Waals surface area contributed by atoms with Gasteiger partial charge in [-0.1, -0.05) is 39.3 Å². The van der Waals surface area contributed by atoms with Gasteiger partial charge in [0.05, 0.1) is 16.9 Å². The summed E-state index contributed by atoms with van der Waals surface area (Å²) in [5, 5.41) is 9.46. The van der Waals surface area contributed by atoms with Gasteiger partial charge in [0.25, 0.3) is 11.5 Å². The molecule has 0 radical (unpaired) electrons. The van der Waals surface area contributed by atoms with Crippen molar-refractivity contribution in [3.8, 4) is 0 Å². The number of nitrogens with one attached hydrogen (secondary N) is 2. The minimum absolute atomic E-state index is 0.0747. The SMILES string of the molecule is CCc1n[nH]c(=O)c(CNC(=O)c2nc(C(C)C)ncc2Cl)c1CC. The average Bonchev–Trinajstić information content (AvgIpc) is 2.60. The Bertz CT molecular complexity index is 832. The smallest absolute Gasteiger partial charge is 0.271 e. The Morgan fingerprint density at radius 1 is 1.28 bits per heavy atom. The highest BCUT2D eigenvalue weighted by atomic mass is 35.5. The second-order valence-electron chi connectivity index (χ2n) is 5.93. The zero-order chi connectivity index (χ0) is 18.6. The molecule has 134 valence electrons. The van der Waals surface area contributed by atoms with Gasteiger partial charge in [-0.05, 0) is 18.4 Å². The van der Waals surface area contributed by atoms with E-state index in [0.717, 1.165) is 11.3 Å². The monoisotopic (exact) mass is 363 g/mol. The van der Waals surface area contributed by atoms with Crippen molar-refractivity contribution in [1.29, 1.82) is 0 Å². The van der Waals surface area contributed by atoms with Gasteiger partial charge in [0.15, 0.2) is 0 Å².